The van der Waals surface area contributed by atoms with E-state index in [1.54, 1.807) is 19.2 Å². The Hall–Kier alpha value is -1.39. The van der Waals surface area contributed by atoms with Gasteiger partial charge in [0.05, 0.1) is 4.88 Å². The molecule has 0 amide bonds. The van der Waals surface area contributed by atoms with Gasteiger partial charge in [0.2, 0.25) is 5.78 Å². The number of rotatable bonds is 5. The number of ether oxygens (including phenoxy) is 1. The molecule has 2 rings (SSSR count). The van der Waals surface area contributed by atoms with Crippen LogP contribution in [0.1, 0.15) is 33.0 Å². The number of carbonyl (C=O) groups is 1. The number of hydrogen-bond acceptors (Lipinski definition) is 4. The quantitative estimate of drug-likeness (QED) is 0.764. The number of thiophene rings is 1. The van der Waals surface area contributed by atoms with Crippen molar-refractivity contribution in [1.82, 2.24) is 0 Å². The third kappa shape index (κ3) is 2.65. The molecule has 90 valence electrons. The Morgan fingerprint density at radius 3 is 2.82 bits per heavy atom. The minimum Gasteiger partial charge on any atom is -0.455 e. The highest BCUT2D eigenvalue weighted by molar-refractivity contribution is 7.14. The second kappa shape index (κ2) is 5.29. The van der Waals surface area contributed by atoms with E-state index in [1.165, 1.54) is 16.2 Å². The van der Waals surface area contributed by atoms with Crippen LogP contribution in [0.5, 0.6) is 0 Å². The van der Waals surface area contributed by atoms with Crippen molar-refractivity contribution in [1.29, 1.82) is 0 Å². The molecule has 0 aliphatic heterocycles. The van der Waals surface area contributed by atoms with Gasteiger partial charge >= 0.3 is 0 Å². The molecule has 0 saturated carbocycles. The molecule has 0 atom stereocenters. The van der Waals surface area contributed by atoms with Crippen LogP contribution in [-0.4, -0.2) is 12.9 Å². The van der Waals surface area contributed by atoms with Gasteiger partial charge in [-0.1, -0.05) is 6.92 Å². The maximum atomic E-state index is 12.1. The number of hydrogen-bond donors (Lipinski definition) is 0. The maximum Gasteiger partial charge on any atom is 0.238 e. The standard InChI is InChI=1S/C13H14O3S/c1-3-10-5-7-12(17-10)13(14)11-6-4-9(16-11)8-15-2/h4-7H,3,8H2,1-2H3. The molecule has 2 aromatic rings. The zero-order valence-electron chi connectivity index (χ0n) is 9.86. The molecule has 4 heteroatoms. The van der Waals surface area contributed by atoms with Crippen molar-refractivity contribution in [2.45, 2.75) is 20.0 Å². The van der Waals surface area contributed by atoms with Gasteiger partial charge in [-0.05, 0) is 30.7 Å². The highest BCUT2D eigenvalue weighted by Gasteiger charge is 2.15. The van der Waals surface area contributed by atoms with E-state index in [-0.39, 0.29) is 5.78 Å². The Kier molecular flexibility index (Phi) is 3.76. The van der Waals surface area contributed by atoms with Gasteiger partial charge in [0.1, 0.15) is 12.4 Å². The van der Waals surface area contributed by atoms with E-state index in [0.29, 0.717) is 18.1 Å². The van der Waals surface area contributed by atoms with Crippen molar-refractivity contribution in [2.24, 2.45) is 0 Å². The largest absolute Gasteiger partial charge is 0.455 e. The number of ketones is 1. The van der Waals surface area contributed by atoms with Crippen LogP contribution in [0.3, 0.4) is 0 Å². The SMILES string of the molecule is CCc1ccc(C(=O)c2ccc(COC)o2)s1. The van der Waals surface area contributed by atoms with E-state index in [4.69, 9.17) is 9.15 Å². The maximum absolute atomic E-state index is 12.1. The summed E-state index contributed by atoms with van der Waals surface area (Å²) in [6, 6.07) is 7.30. The second-order valence-electron chi connectivity index (χ2n) is 3.65. The predicted molar refractivity (Wildman–Crippen MR) is 66.6 cm³/mol. The van der Waals surface area contributed by atoms with Crippen molar-refractivity contribution < 1.29 is 13.9 Å². The minimum atomic E-state index is -0.0583. The third-order valence-corrected chi connectivity index (χ3v) is 3.63. The number of carbonyl (C=O) groups excluding carboxylic acids is 1. The molecule has 2 aromatic heterocycles. The van der Waals surface area contributed by atoms with Crippen LogP contribution in [0.4, 0.5) is 0 Å². The lowest BCUT2D eigenvalue weighted by Gasteiger charge is -1.94. The second-order valence-corrected chi connectivity index (χ2v) is 4.82. The number of methoxy groups -OCH3 is 1. The Bertz CT molecular complexity index is 510. The smallest absolute Gasteiger partial charge is 0.238 e. The van der Waals surface area contributed by atoms with E-state index in [2.05, 4.69) is 6.92 Å². The number of aryl methyl sites for hydroxylation is 1. The Labute approximate surface area is 104 Å². The lowest BCUT2D eigenvalue weighted by Crippen LogP contribution is -1.95. The van der Waals surface area contributed by atoms with Gasteiger partial charge in [-0.3, -0.25) is 4.79 Å². The van der Waals surface area contributed by atoms with Crippen molar-refractivity contribution >= 4 is 17.1 Å². The highest BCUT2D eigenvalue weighted by Crippen LogP contribution is 2.21. The lowest BCUT2D eigenvalue weighted by atomic mass is 10.2. The molecular formula is C13H14O3S. The molecule has 0 spiro atoms. The Balaban J connectivity index is 2.18. The predicted octanol–water partition coefficient (Wildman–Crippen LogP) is 3.28. The minimum absolute atomic E-state index is 0.0583. The summed E-state index contributed by atoms with van der Waals surface area (Å²) in [6.07, 6.45) is 0.949. The molecule has 0 N–H and O–H groups in total. The molecule has 0 aromatic carbocycles. The van der Waals surface area contributed by atoms with Crippen LogP contribution in [-0.2, 0) is 17.8 Å². The fourth-order valence-electron chi connectivity index (χ4n) is 1.53. The molecule has 0 radical (unpaired) electrons. The summed E-state index contributed by atoms with van der Waals surface area (Å²) in [5, 5.41) is 0. The number of furan rings is 1. The molecule has 0 fully saturated rings. The van der Waals surface area contributed by atoms with Gasteiger partial charge in [-0.15, -0.1) is 11.3 Å². The zero-order valence-corrected chi connectivity index (χ0v) is 10.7. The molecule has 3 nitrogen and oxygen atoms in total. The van der Waals surface area contributed by atoms with Gasteiger partial charge < -0.3 is 9.15 Å². The van der Waals surface area contributed by atoms with Crippen molar-refractivity contribution in [3.8, 4) is 0 Å². The molecule has 17 heavy (non-hydrogen) atoms. The lowest BCUT2D eigenvalue weighted by molar-refractivity contribution is 0.100. The first kappa shape index (κ1) is 12.1. The van der Waals surface area contributed by atoms with Gasteiger partial charge in [0.25, 0.3) is 0 Å². The third-order valence-electron chi connectivity index (χ3n) is 2.41. The summed E-state index contributed by atoms with van der Waals surface area (Å²) in [5.41, 5.74) is 0. The molecule has 0 saturated heterocycles. The van der Waals surface area contributed by atoms with Crippen LogP contribution in [0.25, 0.3) is 0 Å². The summed E-state index contributed by atoms with van der Waals surface area (Å²) in [4.78, 5) is 14.0. The van der Waals surface area contributed by atoms with Crippen LogP contribution >= 0.6 is 11.3 Å². The monoisotopic (exact) mass is 250 g/mol. The van der Waals surface area contributed by atoms with Gasteiger partial charge in [-0.2, -0.15) is 0 Å². The van der Waals surface area contributed by atoms with Crippen molar-refractivity contribution in [2.75, 3.05) is 7.11 Å². The molecule has 0 bridgehead atoms. The molecule has 0 unspecified atom stereocenters. The van der Waals surface area contributed by atoms with E-state index < -0.39 is 0 Å². The Morgan fingerprint density at radius 2 is 2.18 bits per heavy atom. The van der Waals surface area contributed by atoms with Crippen LogP contribution < -0.4 is 0 Å². The average molecular weight is 250 g/mol. The van der Waals surface area contributed by atoms with Gasteiger partial charge in [0.15, 0.2) is 5.76 Å². The first-order valence-corrected chi connectivity index (χ1v) is 6.27. The van der Waals surface area contributed by atoms with E-state index in [1.807, 2.05) is 12.1 Å². The summed E-state index contributed by atoms with van der Waals surface area (Å²) < 4.78 is 10.4. The first-order chi connectivity index (χ1) is 8.24. The highest BCUT2D eigenvalue weighted by atomic mass is 32.1. The molecular weight excluding hydrogens is 236 g/mol. The fourth-order valence-corrected chi connectivity index (χ4v) is 2.42. The van der Waals surface area contributed by atoms with E-state index >= 15 is 0 Å². The molecule has 2 heterocycles. The normalized spacial score (nSPS) is 10.7. The summed E-state index contributed by atoms with van der Waals surface area (Å²) in [5.74, 6) is 0.988. The first-order valence-electron chi connectivity index (χ1n) is 5.45. The summed E-state index contributed by atoms with van der Waals surface area (Å²) in [7, 11) is 1.59. The van der Waals surface area contributed by atoms with Crippen LogP contribution in [0.2, 0.25) is 0 Å². The summed E-state index contributed by atoms with van der Waals surface area (Å²) >= 11 is 1.52. The van der Waals surface area contributed by atoms with E-state index in [9.17, 15) is 4.79 Å². The zero-order chi connectivity index (χ0) is 12.3. The molecule has 0 aliphatic rings. The van der Waals surface area contributed by atoms with Crippen molar-refractivity contribution in [3.05, 3.63) is 45.5 Å². The van der Waals surface area contributed by atoms with E-state index in [0.717, 1.165) is 11.3 Å². The topological polar surface area (TPSA) is 39.4 Å². The average Bonchev–Trinajstić information content (AvgIpc) is 2.97. The van der Waals surface area contributed by atoms with Crippen LogP contribution in [0, 0.1) is 0 Å². The van der Waals surface area contributed by atoms with Crippen LogP contribution in [0.15, 0.2) is 28.7 Å². The Morgan fingerprint density at radius 1 is 1.35 bits per heavy atom. The van der Waals surface area contributed by atoms with Crippen molar-refractivity contribution in [3.63, 3.8) is 0 Å². The van der Waals surface area contributed by atoms with Gasteiger partial charge in [0, 0.05) is 12.0 Å². The fraction of sp³-hybridized carbons (Fsp3) is 0.308. The van der Waals surface area contributed by atoms with Gasteiger partial charge in [-0.25, -0.2) is 0 Å². The molecule has 0 aliphatic carbocycles. The summed E-state index contributed by atoms with van der Waals surface area (Å²) in [6.45, 7) is 2.46.